The molecule has 0 fully saturated rings. The van der Waals surface area contributed by atoms with Crippen LogP contribution < -0.4 is 21.4 Å². The molecule has 27 heavy (non-hydrogen) atoms. The third kappa shape index (κ3) is 3.36. The molecule has 4 rings (SSSR count). The third-order valence-corrected chi connectivity index (χ3v) is 4.51. The van der Waals surface area contributed by atoms with Gasteiger partial charge in [0.25, 0.3) is 5.91 Å². The van der Waals surface area contributed by atoms with Gasteiger partial charge in [0, 0.05) is 51.6 Å². The van der Waals surface area contributed by atoms with Gasteiger partial charge < -0.3 is 21.0 Å². The van der Waals surface area contributed by atoms with E-state index in [1.165, 1.54) is 0 Å². The highest BCUT2D eigenvalue weighted by Crippen LogP contribution is 2.30. The molecule has 0 unspecified atom stereocenters. The number of hydrazine groups is 1. The van der Waals surface area contributed by atoms with Crippen molar-refractivity contribution in [2.45, 2.75) is 6.42 Å². The number of benzene rings is 1. The van der Waals surface area contributed by atoms with Gasteiger partial charge in [0.1, 0.15) is 0 Å². The molecule has 1 aromatic carbocycles. The van der Waals surface area contributed by atoms with E-state index in [9.17, 15) is 9.59 Å². The maximum absolute atomic E-state index is 13.0. The van der Waals surface area contributed by atoms with Gasteiger partial charge in [0.15, 0.2) is 5.82 Å². The summed E-state index contributed by atoms with van der Waals surface area (Å²) in [6.07, 6.45) is 4.21. The lowest BCUT2D eigenvalue weighted by Gasteiger charge is -2.13. The number of amides is 2. The molecule has 0 atom stereocenters. The Labute approximate surface area is 156 Å². The first kappa shape index (κ1) is 17.1. The molecule has 0 radical (unpaired) electrons. The van der Waals surface area contributed by atoms with Crippen LogP contribution in [0.15, 0.2) is 30.6 Å². The summed E-state index contributed by atoms with van der Waals surface area (Å²) in [4.78, 5) is 24.7. The number of carbonyl (C=O) groups excluding carboxylic acids is 2. The standard InChI is InChI=1S/C18H21N7O2/c1-24-9-11(8-20-24)13-10-25(2)23-17(13)22-18(27)12-4-3-5-14-16(12)19-7-6-15(26)21-14/h3-5,9-10,19-20H,6-8H2,1-2H3,(H,21,26)(H,22,23,27). The Morgan fingerprint density at radius 2 is 2.15 bits per heavy atom. The monoisotopic (exact) mass is 367 g/mol. The van der Waals surface area contributed by atoms with Crippen LogP contribution in [0.25, 0.3) is 5.57 Å². The fraction of sp³-hybridized carbons (Fsp3) is 0.278. The Balaban J connectivity index is 1.64. The number of carbonyl (C=O) groups is 2. The second-order valence-corrected chi connectivity index (χ2v) is 6.57. The molecule has 140 valence electrons. The third-order valence-electron chi connectivity index (χ3n) is 4.51. The number of nitrogens with zero attached hydrogens (tertiary/aromatic N) is 3. The van der Waals surface area contributed by atoms with Crippen LogP contribution >= 0.6 is 0 Å². The van der Waals surface area contributed by atoms with E-state index in [2.05, 4.69) is 26.5 Å². The summed E-state index contributed by atoms with van der Waals surface area (Å²) in [5.41, 5.74) is 6.78. The number of rotatable bonds is 3. The van der Waals surface area contributed by atoms with Crippen molar-refractivity contribution in [1.29, 1.82) is 0 Å². The number of hydrogen-bond acceptors (Lipinski definition) is 6. The predicted molar refractivity (Wildman–Crippen MR) is 103 cm³/mol. The van der Waals surface area contributed by atoms with Crippen molar-refractivity contribution in [2.75, 3.05) is 36.1 Å². The minimum absolute atomic E-state index is 0.0735. The molecule has 2 aromatic rings. The topological polar surface area (TPSA) is 103 Å². The summed E-state index contributed by atoms with van der Waals surface area (Å²) >= 11 is 0. The first-order valence-corrected chi connectivity index (χ1v) is 8.70. The van der Waals surface area contributed by atoms with E-state index in [1.54, 1.807) is 22.9 Å². The molecule has 2 amide bonds. The van der Waals surface area contributed by atoms with E-state index in [4.69, 9.17) is 0 Å². The van der Waals surface area contributed by atoms with Crippen LogP contribution in [-0.4, -0.2) is 46.7 Å². The van der Waals surface area contributed by atoms with Gasteiger partial charge in [-0.15, -0.1) is 0 Å². The van der Waals surface area contributed by atoms with Crippen molar-refractivity contribution < 1.29 is 9.59 Å². The molecule has 3 heterocycles. The highest BCUT2D eigenvalue weighted by Gasteiger charge is 2.22. The average molecular weight is 367 g/mol. The van der Waals surface area contributed by atoms with E-state index in [1.807, 2.05) is 31.5 Å². The van der Waals surface area contributed by atoms with E-state index in [0.717, 1.165) is 11.1 Å². The maximum Gasteiger partial charge on any atom is 0.259 e. The molecule has 1 aromatic heterocycles. The summed E-state index contributed by atoms with van der Waals surface area (Å²) in [6.45, 7) is 1.14. The Bertz CT molecular complexity index is 947. The minimum Gasteiger partial charge on any atom is -0.382 e. The van der Waals surface area contributed by atoms with Crippen LogP contribution in [0.5, 0.6) is 0 Å². The SMILES string of the molecule is CN1C=C(c2cn(C)nc2NC(=O)c2cccc3c2NCCC(=O)N3)CN1. The van der Waals surface area contributed by atoms with Crippen LogP contribution in [0, 0.1) is 0 Å². The number of aryl methyl sites for hydroxylation is 1. The first-order chi connectivity index (χ1) is 13.0. The van der Waals surface area contributed by atoms with E-state index in [0.29, 0.717) is 42.3 Å². The summed E-state index contributed by atoms with van der Waals surface area (Å²) < 4.78 is 1.67. The zero-order chi connectivity index (χ0) is 19.0. The Morgan fingerprint density at radius 3 is 2.93 bits per heavy atom. The Morgan fingerprint density at radius 1 is 1.30 bits per heavy atom. The lowest BCUT2D eigenvalue weighted by Crippen LogP contribution is -2.23. The van der Waals surface area contributed by atoms with Crippen LogP contribution in [0.1, 0.15) is 22.3 Å². The molecular weight excluding hydrogens is 346 g/mol. The molecule has 9 nitrogen and oxygen atoms in total. The van der Waals surface area contributed by atoms with Gasteiger partial charge >= 0.3 is 0 Å². The van der Waals surface area contributed by atoms with Gasteiger partial charge in [-0.1, -0.05) is 6.07 Å². The fourth-order valence-corrected chi connectivity index (χ4v) is 3.24. The van der Waals surface area contributed by atoms with Crippen molar-refractivity contribution in [2.24, 2.45) is 7.05 Å². The summed E-state index contributed by atoms with van der Waals surface area (Å²) in [5, 5.41) is 15.2. The summed E-state index contributed by atoms with van der Waals surface area (Å²) in [5.74, 6) is 0.145. The molecule has 0 saturated heterocycles. The maximum atomic E-state index is 13.0. The van der Waals surface area contributed by atoms with E-state index in [-0.39, 0.29) is 11.8 Å². The number of hydrogen-bond donors (Lipinski definition) is 4. The van der Waals surface area contributed by atoms with Crippen LogP contribution in [0.2, 0.25) is 0 Å². The van der Waals surface area contributed by atoms with Gasteiger partial charge in [-0.25, -0.2) is 5.43 Å². The van der Waals surface area contributed by atoms with Crippen molar-refractivity contribution in [3.63, 3.8) is 0 Å². The van der Waals surface area contributed by atoms with Crippen LogP contribution in [0.4, 0.5) is 17.2 Å². The van der Waals surface area contributed by atoms with Gasteiger partial charge in [-0.3, -0.25) is 14.3 Å². The Kier molecular flexibility index (Phi) is 4.28. The second kappa shape index (κ2) is 6.76. The first-order valence-electron chi connectivity index (χ1n) is 8.70. The average Bonchev–Trinajstić information content (AvgIpc) is 3.15. The molecule has 0 bridgehead atoms. The highest BCUT2D eigenvalue weighted by atomic mass is 16.2. The number of anilines is 3. The van der Waals surface area contributed by atoms with Crippen molar-refractivity contribution in [3.05, 3.63) is 41.7 Å². The zero-order valence-electron chi connectivity index (χ0n) is 15.2. The van der Waals surface area contributed by atoms with Gasteiger partial charge in [-0.05, 0) is 17.7 Å². The quantitative estimate of drug-likeness (QED) is 0.650. The summed E-state index contributed by atoms with van der Waals surface area (Å²) in [7, 11) is 3.73. The van der Waals surface area contributed by atoms with Gasteiger partial charge in [-0.2, -0.15) is 5.10 Å². The second-order valence-electron chi connectivity index (χ2n) is 6.57. The Hall–Kier alpha value is -3.33. The predicted octanol–water partition coefficient (Wildman–Crippen LogP) is 1.22. The van der Waals surface area contributed by atoms with E-state index >= 15 is 0 Å². The van der Waals surface area contributed by atoms with Gasteiger partial charge in [0.05, 0.1) is 16.9 Å². The summed E-state index contributed by atoms with van der Waals surface area (Å²) in [6, 6.07) is 5.25. The van der Waals surface area contributed by atoms with Crippen LogP contribution in [0.3, 0.4) is 0 Å². The molecule has 0 saturated carbocycles. The number of fused-ring (bicyclic) bond motifs is 1. The molecule has 2 aliphatic rings. The highest BCUT2D eigenvalue weighted by molar-refractivity contribution is 6.11. The smallest absolute Gasteiger partial charge is 0.259 e. The fourth-order valence-electron chi connectivity index (χ4n) is 3.24. The van der Waals surface area contributed by atoms with Crippen LogP contribution in [-0.2, 0) is 11.8 Å². The number of aromatic nitrogens is 2. The van der Waals surface area contributed by atoms with Gasteiger partial charge in [0.2, 0.25) is 5.91 Å². The largest absolute Gasteiger partial charge is 0.382 e. The van der Waals surface area contributed by atoms with Crippen molar-refractivity contribution in [1.82, 2.24) is 20.2 Å². The van der Waals surface area contributed by atoms with E-state index < -0.39 is 0 Å². The number of para-hydroxylation sites is 1. The lowest BCUT2D eigenvalue weighted by molar-refractivity contribution is -0.115. The zero-order valence-corrected chi connectivity index (χ0v) is 15.2. The lowest BCUT2D eigenvalue weighted by atomic mass is 10.1. The van der Waals surface area contributed by atoms with Crippen molar-refractivity contribution >= 4 is 34.6 Å². The van der Waals surface area contributed by atoms with Crippen molar-refractivity contribution in [3.8, 4) is 0 Å². The number of nitrogens with one attached hydrogen (secondary N) is 4. The molecule has 2 aliphatic heterocycles. The molecule has 0 spiro atoms. The molecule has 9 heteroatoms. The normalized spacial score (nSPS) is 16.1. The minimum atomic E-state index is -0.282. The molecule has 4 N–H and O–H groups in total. The molecular formula is C18H21N7O2. The molecule has 0 aliphatic carbocycles.